The van der Waals surface area contributed by atoms with E-state index in [0.29, 0.717) is 0 Å². The molecule has 0 spiro atoms. The Morgan fingerprint density at radius 3 is 2.85 bits per heavy atom. The molecule has 0 amide bonds. The summed E-state index contributed by atoms with van der Waals surface area (Å²) in [6, 6.07) is 6.68. The molecule has 0 atom stereocenters. The van der Waals surface area contributed by atoms with Crippen molar-refractivity contribution in [2.24, 2.45) is 0 Å². The van der Waals surface area contributed by atoms with Gasteiger partial charge in [0, 0.05) is 36.3 Å². The highest BCUT2D eigenvalue weighted by Gasteiger charge is 2.21. The van der Waals surface area contributed by atoms with E-state index in [0.717, 1.165) is 43.7 Å². The van der Waals surface area contributed by atoms with E-state index in [2.05, 4.69) is 49.6 Å². The molecule has 0 aliphatic carbocycles. The predicted octanol–water partition coefficient (Wildman–Crippen LogP) is 3.61. The molecule has 0 saturated carbocycles. The molecule has 0 fully saturated rings. The second-order valence-electron chi connectivity index (χ2n) is 5.50. The summed E-state index contributed by atoms with van der Waals surface area (Å²) in [5.41, 5.74) is 6.62. The summed E-state index contributed by atoms with van der Waals surface area (Å²) in [6.45, 7) is 7.70. The number of likely N-dealkylation sites (N-methyl/N-ethyl adjacent to an activating group) is 1. The molecule has 0 unspecified atom stereocenters. The van der Waals surface area contributed by atoms with Crippen LogP contribution in [0.1, 0.15) is 36.2 Å². The quantitative estimate of drug-likeness (QED) is 0.868. The minimum atomic E-state index is 0.798. The maximum absolute atomic E-state index is 4.91. The number of aryl methyl sites for hydroxylation is 1. The van der Waals surface area contributed by atoms with E-state index in [9.17, 15) is 0 Å². The highest BCUT2D eigenvalue weighted by molar-refractivity contribution is 7.79. The summed E-state index contributed by atoms with van der Waals surface area (Å²) in [7, 11) is 0. The van der Waals surface area contributed by atoms with Crippen LogP contribution in [0.5, 0.6) is 0 Å². The maximum atomic E-state index is 4.91. The smallest absolute Gasteiger partial charge is 0.0708 e. The summed E-state index contributed by atoms with van der Waals surface area (Å²) in [6.07, 6.45) is 2.13. The first kappa shape index (κ1) is 13.9. The first-order chi connectivity index (χ1) is 9.76. The third-order valence-corrected chi connectivity index (χ3v) is 4.73. The van der Waals surface area contributed by atoms with Gasteiger partial charge >= 0.3 is 0 Å². The van der Waals surface area contributed by atoms with Crippen molar-refractivity contribution in [1.82, 2.24) is 9.88 Å². The number of nitrogens with zero attached hydrogens (tertiary/aromatic N) is 2. The molecule has 0 N–H and O–H groups in total. The van der Waals surface area contributed by atoms with E-state index in [1.54, 1.807) is 0 Å². The Bertz CT molecular complexity index is 636. The average molecular weight is 286 g/mol. The van der Waals surface area contributed by atoms with E-state index in [-0.39, 0.29) is 0 Å². The first-order valence-electron chi connectivity index (χ1n) is 7.53. The third kappa shape index (κ3) is 2.33. The van der Waals surface area contributed by atoms with Gasteiger partial charge in [0.1, 0.15) is 0 Å². The lowest BCUT2D eigenvalue weighted by Crippen LogP contribution is -2.31. The highest BCUT2D eigenvalue weighted by Crippen LogP contribution is 2.29. The lowest BCUT2D eigenvalue weighted by atomic mass is 9.95. The molecule has 106 valence electrons. The van der Waals surface area contributed by atoms with Crippen molar-refractivity contribution in [2.45, 2.75) is 39.0 Å². The van der Waals surface area contributed by atoms with Crippen molar-refractivity contribution in [3.63, 3.8) is 0 Å². The molecule has 2 heterocycles. The van der Waals surface area contributed by atoms with Gasteiger partial charge in [-0.2, -0.15) is 12.6 Å². The zero-order valence-corrected chi connectivity index (χ0v) is 13.2. The van der Waals surface area contributed by atoms with Gasteiger partial charge in [-0.1, -0.05) is 19.9 Å². The van der Waals surface area contributed by atoms with Gasteiger partial charge < -0.3 is 0 Å². The lowest BCUT2D eigenvalue weighted by Gasteiger charge is -2.29. The van der Waals surface area contributed by atoms with Crippen LogP contribution >= 0.6 is 12.6 Å². The normalized spacial score (nSPS) is 15.6. The number of benzene rings is 1. The van der Waals surface area contributed by atoms with Crippen LogP contribution in [0.2, 0.25) is 0 Å². The van der Waals surface area contributed by atoms with Crippen LogP contribution in [0, 0.1) is 0 Å². The number of pyridine rings is 1. The molecule has 1 aromatic heterocycles. The molecule has 1 aliphatic heterocycles. The predicted molar refractivity (Wildman–Crippen MR) is 88.5 cm³/mol. The van der Waals surface area contributed by atoms with E-state index in [4.69, 9.17) is 4.98 Å². The van der Waals surface area contributed by atoms with E-state index >= 15 is 0 Å². The zero-order chi connectivity index (χ0) is 14.1. The van der Waals surface area contributed by atoms with E-state index in [1.807, 2.05) is 0 Å². The molecule has 0 saturated heterocycles. The Hall–Kier alpha value is -1.06. The second-order valence-corrected chi connectivity index (χ2v) is 5.81. The fraction of sp³-hybridized carbons (Fsp3) is 0.471. The Morgan fingerprint density at radius 1 is 1.30 bits per heavy atom. The number of fused-ring (bicyclic) bond motifs is 2. The Labute approximate surface area is 126 Å². The topological polar surface area (TPSA) is 16.1 Å². The van der Waals surface area contributed by atoms with E-state index < -0.39 is 0 Å². The van der Waals surface area contributed by atoms with Crippen LogP contribution < -0.4 is 0 Å². The molecule has 1 aliphatic rings. The second kappa shape index (κ2) is 5.74. The van der Waals surface area contributed by atoms with Crippen molar-refractivity contribution in [3.8, 4) is 0 Å². The Kier molecular flexibility index (Phi) is 3.99. The summed E-state index contributed by atoms with van der Waals surface area (Å²) >= 11 is 4.60. The van der Waals surface area contributed by atoms with Gasteiger partial charge in [-0.15, -0.1) is 0 Å². The molecule has 20 heavy (non-hydrogen) atoms. The monoisotopic (exact) mass is 286 g/mol. The summed E-state index contributed by atoms with van der Waals surface area (Å²) in [4.78, 5) is 7.40. The fourth-order valence-electron chi connectivity index (χ4n) is 3.10. The van der Waals surface area contributed by atoms with Gasteiger partial charge in [0.15, 0.2) is 0 Å². The van der Waals surface area contributed by atoms with Crippen LogP contribution in [-0.4, -0.2) is 23.0 Å². The van der Waals surface area contributed by atoms with Crippen LogP contribution in [-0.2, 0) is 25.1 Å². The minimum absolute atomic E-state index is 0.798. The molecule has 3 heteroatoms. The van der Waals surface area contributed by atoms with Crippen molar-refractivity contribution in [2.75, 3.05) is 13.1 Å². The van der Waals surface area contributed by atoms with Crippen LogP contribution in [0.3, 0.4) is 0 Å². The minimum Gasteiger partial charge on any atom is -0.299 e. The summed E-state index contributed by atoms with van der Waals surface area (Å²) < 4.78 is 0. The molecule has 0 radical (unpaired) electrons. The standard InChI is InChI=1S/C17H22N2S/c1-3-12-5-6-16-13(9-12)15(11-20)14-10-19(4-2)8-7-17(14)18-16/h5-6,9,20H,3-4,7-8,10-11H2,1-2H3. The van der Waals surface area contributed by atoms with Crippen molar-refractivity contribution in [1.29, 1.82) is 0 Å². The molecule has 0 bridgehead atoms. The number of thiol groups is 1. The maximum Gasteiger partial charge on any atom is 0.0708 e. The van der Waals surface area contributed by atoms with Gasteiger partial charge in [-0.3, -0.25) is 9.88 Å². The number of hydrogen-bond donors (Lipinski definition) is 1. The van der Waals surface area contributed by atoms with Crippen molar-refractivity contribution >= 4 is 23.5 Å². The van der Waals surface area contributed by atoms with Gasteiger partial charge in [-0.05, 0) is 41.8 Å². The molecule has 1 aromatic carbocycles. The average Bonchev–Trinajstić information content (AvgIpc) is 2.51. The number of aromatic nitrogens is 1. The van der Waals surface area contributed by atoms with Gasteiger partial charge in [0.2, 0.25) is 0 Å². The van der Waals surface area contributed by atoms with E-state index in [1.165, 1.54) is 27.8 Å². The van der Waals surface area contributed by atoms with Crippen LogP contribution in [0.15, 0.2) is 18.2 Å². The number of hydrogen-bond acceptors (Lipinski definition) is 3. The highest BCUT2D eigenvalue weighted by atomic mass is 32.1. The first-order valence-corrected chi connectivity index (χ1v) is 8.16. The van der Waals surface area contributed by atoms with Crippen molar-refractivity contribution in [3.05, 3.63) is 40.6 Å². The fourth-order valence-corrected chi connectivity index (χ4v) is 3.46. The Morgan fingerprint density at radius 2 is 2.15 bits per heavy atom. The summed E-state index contributed by atoms with van der Waals surface area (Å²) in [5, 5.41) is 1.30. The molecular weight excluding hydrogens is 264 g/mol. The Balaban J connectivity index is 2.21. The van der Waals surface area contributed by atoms with Gasteiger partial charge in [0.05, 0.1) is 5.52 Å². The molecular formula is C17H22N2S. The zero-order valence-electron chi connectivity index (χ0n) is 12.3. The lowest BCUT2D eigenvalue weighted by molar-refractivity contribution is 0.265. The van der Waals surface area contributed by atoms with Crippen LogP contribution in [0.25, 0.3) is 10.9 Å². The van der Waals surface area contributed by atoms with Crippen molar-refractivity contribution < 1.29 is 0 Å². The summed E-state index contributed by atoms with van der Waals surface area (Å²) in [5.74, 6) is 0.798. The third-order valence-electron chi connectivity index (χ3n) is 4.41. The molecule has 3 rings (SSSR count). The molecule has 2 nitrogen and oxygen atoms in total. The van der Waals surface area contributed by atoms with Crippen LogP contribution in [0.4, 0.5) is 0 Å². The number of rotatable bonds is 3. The molecule has 2 aromatic rings. The SMILES string of the molecule is CCc1ccc2nc3c(c(CS)c2c1)CN(CC)CC3. The van der Waals surface area contributed by atoms with Gasteiger partial charge in [0.25, 0.3) is 0 Å². The largest absolute Gasteiger partial charge is 0.299 e. The van der Waals surface area contributed by atoms with Gasteiger partial charge in [-0.25, -0.2) is 0 Å².